The Morgan fingerprint density at radius 3 is 2.42 bits per heavy atom. The van der Waals surface area contributed by atoms with E-state index in [-0.39, 0.29) is 24.3 Å². The summed E-state index contributed by atoms with van der Waals surface area (Å²) in [6, 6.07) is -1.00. The molecule has 0 radical (unpaired) electrons. The fraction of sp³-hybridized carbons (Fsp3) is 0.769. The topological polar surface area (TPSA) is 78.5 Å². The van der Waals surface area contributed by atoms with Gasteiger partial charge in [0.05, 0.1) is 0 Å². The largest absolute Gasteiger partial charge is 0.355 e. The number of nitrogens with one attached hydrogen (secondary N) is 2. The van der Waals surface area contributed by atoms with Crippen LogP contribution in [0.1, 0.15) is 34.1 Å². The second kappa shape index (κ2) is 6.54. The first-order valence-corrected chi connectivity index (χ1v) is 6.71. The molecule has 0 aromatic carbocycles. The minimum absolute atomic E-state index is 0.0189. The standard InChI is InChI=1S/C13H23N3O3/c1-8(2)5-6-14-10(17)7-16-12(18)11(9(3)4)15-13(16)19/h8-9,11H,5-7H2,1-4H3,(H,14,17)(H,15,19)/t11-/m0/s1. The molecule has 0 saturated carbocycles. The van der Waals surface area contributed by atoms with Gasteiger partial charge in [-0.25, -0.2) is 4.79 Å². The van der Waals surface area contributed by atoms with Gasteiger partial charge in [-0.3, -0.25) is 14.5 Å². The average Bonchev–Trinajstić information content (AvgIpc) is 2.56. The zero-order valence-electron chi connectivity index (χ0n) is 12.0. The normalized spacial score (nSPS) is 19.3. The van der Waals surface area contributed by atoms with Crippen molar-refractivity contribution in [3.05, 3.63) is 0 Å². The maximum absolute atomic E-state index is 11.9. The third-order valence-corrected chi connectivity index (χ3v) is 3.07. The number of urea groups is 1. The maximum Gasteiger partial charge on any atom is 0.325 e. The van der Waals surface area contributed by atoms with Crippen LogP contribution in [-0.2, 0) is 9.59 Å². The Morgan fingerprint density at radius 2 is 1.95 bits per heavy atom. The van der Waals surface area contributed by atoms with Gasteiger partial charge in [0.2, 0.25) is 5.91 Å². The van der Waals surface area contributed by atoms with E-state index in [1.807, 2.05) is 13.8 Å². The van der Waals surface area contributed by atoms with Gasteiger partial charge in [-0.15, -0.1) is 0 Å². The summed E-state index contributed by atoms with van der Waals surface area (Å²) in [5.41, 5.74) is 0. The molecule has 0 spiro atoms. The molecule has 1 heterocycles. The van der Waals surface area contributed by atoms with E-state index in [9.17, 15) is 14.4 Å². The molecular weight excluding hydrogens is 246 g/mol. The van der Waals surface area contributed by atoms with Gasteiger partial charge < -0.3 is 10.6 Å². The van der Waals surface area contributed by atoms with Crippen LogP contribution < -0.4 is 10.6 Å². The summed E-state index contributed by atoms with van der Waals surface area (Å²) in [5.74, 6) is -0.0969. The number of amides is 4. The number of nitrogens with zero attached hydrogens (tertiary/aromatic N) is 1. The van der Waals surface area contributed by atoms with Crippen LogP contribution in [0.25, 0.3) is 0 Å². The van der Waals surface area contributed by atoms with E-state index < -0.39 is 12.1 Å². The molecule has 2 N–H and O–H groups in total. The SMILES string of the molecule is CC(C)CCNC(=O)CN1C(=O)N[C@@H](C(C)C)C1=O. The van der Waals surface area contributed by atoms with E-state index in [2.05, 4.69) is 24.5 Å². The molecule has 1 atom stereocenters. The van der Waals surface area contributed by atoms with E-state index in [0.29, 0.717) is 12.5 Å². The van der Waals surface area contributed by atoms with Gasteiger partial charge in [0.1, 0.15) is 12.6 Å². The zero-order chi connectivity index (χ0) is 14.6. The third kappa shape index (κ3) is 4.22. The highest BCUT2D eigenvalue weighted by molar-refractivity contribution is 6.06. The molecule has 0 bridgehead atoms. The van der Waals surface area contributed by atoms with Crippen LogP contribution in [0.4, 0.5) is 4.79 Å². The lowest BCUT2D eigenvalue weighted by atomic mass is 10.1. The van der Waals surface area contributed by atoms with Crippen molar-refractivity contribution in [2.45, 2.75) is 40.2 Å². The average molecular weight is 269 g/mol. The van der Waals surface area contributed by atoms with Crippen LogP contribution in [0.3, 0.4) is 0 Å². The molecule has 6 heteroatoms. The van der Waals surface area contributed by atoms with Crippen molar-refractivity contribution < 1.29 is 14.4 Å². The van der Waals surface area contributed by atoms with Crippen molar-refractivity contribution in [3.63, 3.8) is 0 Å². The number of imide groups is 1. The lowest BCUT2D eigenvalue weighted by Gasteiger charge is -2.14. The van der Waals surface area contributed by atoms with E-state index in [4.69, 9.17) is 0 Å². The molecule has 0 aromatic heterocycles. The van der Waals surface area contributed by atoms with Crippen LogP contribution in [-0.4, -0.2) is 41.9 Å². The lowest BCUT2D eigenvalue weighted by molar-refractivity contribution is -0.132. The first-order chi connectivity index (χ1) is 8.82. The Morgan fingerprint density at radius 1 is 1.32 bits per heavy atom. The Labute approximate surface area is 113 Å². The summed E-state index contributed by atoms with van der Waals surface area (Å²) < 4.78 is 0. The molecule has 0 aliphatic carbocycles. The highest BCUT2D eigenvalue weighted by atomic mass is 16.2. The van der Waals surface area contributed by atoms with Gasteiger partial charge in [-0.1, -0.05) is 27.7 Å². The zero-order valence-corrected chi connectivity index (χ0v) is 12.0. The van der Waals surface area contributed by atoms with Crippen LogP contribution in [0.5, 0.6) is 0 Å². The van der Waals surface area contributed by atoms with E-state index in [1.165, 1.54) is 0 Å². The van der Waals surface area contributed by atoms with E-state index >= 15 is 0 Å². The Balaban J connectivity index is 2.46. The van der Waals surface area contributed by atoms with Crippen LogP contribution in [0, 0.1) is 11.8 Å². The first kappa shape index (κ1) is 15.5. The number of hydrogen-bond acceptors (Lipinski definition) is 3. The lowest BCUT2D eigenvalue weighted by Crippen LogP contribution is -2.41. The molecular formula is C13H23N3O3. The highest BCUT2D eigenvalue weighted by Gasteiger charge is 2.40. The minimum Gasteiger partial charge on any atom is -0.355 e. The van der Waals surface area contributed by atoms with Crippen LogP contribution in [0.2, 0.25) is 0 Å². The van der Waals surface area contributed by atoms with Gasteiger partial charge in [-0.2, -0.15) is 0 Å². The van der Waals surface area contributed by atoms with Gasteiger partial charge in [0.25, 0.3) is 5.91 Å². The van der Waals surface area contributed by atoms with Crippen molar-refractivity contribution in [1.29, 1.82) is 0 Å². The summed E-state index contributed by atoms with van der Waals surface area (Å²) in [6.07, 6.45) is 0.875. The molecule has 0 aromatic rings. The predicted octanol–water partition coefficient (Wildman–Crippen LogP) is 0.725. The molecule has 1 saturated heterocycles. The Hall–Kier alpha value is -1.59. The fourth-order valence-electron chi connectivity index (χ4n) is 1.84. The maximum atomic E-state index is 11.9. The van der Waals surface area contributed by atoms with Crippen molar-refractivity contribution in [2.24, 2.45) is 11.8 Å². The summed E-state index contributed by atoms with van der Waals surface area (Å²) in [4.78, 5) is 36.2. The molecule has 6 nitrogen and oxygen atoms in total. The quantitative estimate of drug-likeness (QED) is 0.698. The summed E-state index contributed by atoms with van der Waals surface area (Å²) in [7, 11) is 0. The molecule has 1 aliphatic rings. The van der Waals surface area contributed by atoms with Crippen molar-refractivity contribution in [3.8, 4) is 0 Å². The fourth-order valence-corrected chi connectivity index (χ4v) is 1.84. The molecule has 1 fully saturated rings. The number of rotatable bonds is 6. The molecule has 4 amide bonds. The smallest absolute Gasteiger partial charge is 0.325 e. The Bertz CT molecular complexity index is 366. The molecule has 1 aliphatic heterocycles. The summed E-state index contributed by atoms with van der Waals surface area (Å²) in [5, 5.41) is 5.30. The van der Waals surface area contributed by atoms with Gasteiger partial charge in [0, 0.05) is 6.54 Å². The van der Waals surface area contributed by atoms with Gasteiger partial charge in [-0.05, 0) is 18.3 Å². The summed E-state index contributed by atoms with van der Waals surface area (Å²) in [6.45, 7) is 8.21. The number of carbonyl (C=O) groups is 3. The number of carbonyl (C=O) groups excluding carboxylic acids is 3. The molecule has 1 rings (SSSR count). The monoisotopic (exact) mass is 269 g/mol. The summed E-state index contributed by atoms with van der Waals surface area (Å²) >= 11 is 0. The Kier molecular flexibility index (Phi) is 5.32. The van der Waals surface area contributed by atoms with Crippen LogP contribution in [0.15, 0.2) is 0 Å². The molecule has 19 heavy (non-hydrogen) atoms. The third-order valence-electron chi connectivity index (χ3n) is 3.07. The van der Waals surface area contributed by atoms with Gasteiger partial charge in [0.15, 0.2) is 0 Å². The molecule has 0 unspecified atom stereocenters. The predicted molar refractivity (Wildman–Crippen MR) is 71.3 cm³/mol. The molecule has 108 valence electrons. The highest BCUT2D eigenvalue weighted by Crippen LogP contribution is 2.13. The second-order valence-corrected chi connectivity index (χ2v) is 5.63. The second-order valence-electron chi connectivity index (χ2n) is 5.63. The van der Waals surface area contributed by atoms with Gasteiger partial charge >= 0.3 is 6.03 Å². The van der Waals surface area contributed by atoms with E-state index in [1.54, 1.807) is 0 Å². The van der Waals surface area contributed by atoms with Crippen molar-refractivity contribution >= 4 is 17.8 Å². The number of hydrogen-bond donors (Lipinski definition) is 2. The van der Waals surface area contributed by atoms with Crippen LogP contribution >= 0.6 is 0 Å². The minimum atomic E-state index is -0.518. The van der Waals surface area contributed by atoms with Crippen molar-refractivity contribution in [1.82, 2.24) is 15.5 Å². The first-order valence-electron chi connectivity index (χ1n) is 6.71. The van der Waals surface area contributed by atoms with E-state index in [0.717, 1.165) is 11.3 Å². The van der Waals surface area contributed by atoms with Crippen molar-refractivity contribution in [2.75, 3.05) is 13.1 Å².